The zero-order chi connectivity index (χ0) is 13.3. The van der Waals surface area contributed by atoms with Gasteiger partial charge in [-0.1, -0.05) is 0 Å². The average Bonchev–Trinajstić information content (AvgIpc) is 2.67. The van der Waals surface area contributed by atoms with Crippen LogP contribution in [0, 0.1) is 13.8 Å². The van der Waals surface area contributed by atoms with E-state index in [4.69, 9.17) is 10.2 Å². The minimum absolute atomic E-state index is 0.0351. The number of aryl methyl sites for hydroxylation is 2. The van der Waals surface area contributed by atoms with Gasteiger partial charge in [-0.3, -0.25) is 4.79 Å². The molecule has 1 aromatic rings. The number of rotatable bonds is 2. The smallest absolute Gasteiger partial charge is 0.257 e. The van der Waals surface area contributed by atoms with Crippen molar-refractivity contribution in [2.24, 2.45) is 5.73 Å². The zero-order valence-electron chi connectivity index (χ0n) is 11.3. The molecule has 5 heteroatoms. The molecule has 100 valence electrons. The Morgan fingerprint density at radius 3 is 2.78 bits per heavy atom. The third-order valence-electron chi connectivity index (χ3n) is 3.49. The first-order chi connectivity index (χ1) is 8.52. The second-order valence-corrected chi connectivity index (χ2v) is 4.98. The lowest BCUT2D eigenvalue weighted by molar-refractivity contribution is 0.0514. The number of carbonyl (C=O) groups excluding carboxylic acids is 1. The maximum Gasteiger partial charge on any atom is 0.257 e. The minimum atomic E-state index is 0.0351. The van der Waals surface area contributed by atoms with E-state index in [0.717, 1.165) is 25.4 Å². The molecule has 0 aliphatic carbocycles. The number of furan rings is 1. The van der Waals surface area contributed by atoms with Gasteiger partial charge in [-0.25, -0.2) is 0 Å². The van der Waals surface area contributed by atoms with Crippen LogP contribution >= 0.6 is 0 Å². The highest BCUT2D eigenvalue weighted by Gasteiger charge is 2.30. The number of hydrogen-bond donors (Lipinski definition) is 1. The fourth-order valence-corrected chi connectivity index (χ4v) is 2.48. The summed E-state index contributed by atoms with van der Waals surface area (Å²) in [5, 5.41) is 0. The lowest BCUT2D eigenvalue weighted by atomic mass is 10.1. The molecule has 5 nitrogen and oxygen atoms in total. The number of nitrogens with two attached hydrogens (primary N) is 1. The Morgan fingerprint density at radius 1 is 1.50 bits per heavy atom. The van der Waals surface area contributed by atoms with E-state index in [2.05, 4.69) is 11.9 Å². The average molecular weight is 251 g/mol. The Balaban J connectivity index is 2.20. The van der Waals surface area contributed by atoms with Crippen LogP contribution in [-0.2, 0) is 0 Å². The van der Waals surface area contributed by atoms with E-state index >= 15 is 0 Å². The lowest BCUT2D eigenvalue weighted by Gasteiger charge is -2.39. The molecule has 18 heavy (non-hydrogen) atoms. The number of amides is 1. The molecule has 1 aromatic heterocycles. The lowest BCUT2D eigenvalue weighted by Crippen LogP contribution is -2.56. The van der Waals surface area contributed by atoms with Crippen LogP contribution in [0.5, 0.6) is 0 Å². The second kappa shape index (κ2) is 5.12. The molecule has 1 aliphatic rings. The summed E-state index contributed by atoms with van der Waals surface area (Å²) >= 11 is 0. The van der Waals surface area contributed by atoms with Crippen LogP contribution in [-0.4, -0.2) is 55.0 Å². The van der Waals surface area contributed by atoms with Crippen LogP contribution in [0.2, 0.25) is 0 Å². The first-order valence-electron chi connectivity index (χ1n) is 6.29. The number of nitrogens with zero attached hydrogens (tertiary/aromatic N) is 2. The quantitative estimate of drug-likeness (QED) is 0.836. The molecule has 0 bridgehead atoms. The topological polar surface area (TPSA) is 62.7 Å². The van der Waals surface area contributed by atoms with Gasteiger partial charge in [0.25, 0.3) is 5.91 Å². The zero-order valence-corrected chi connectivity index (χ0v) is 11.3. The van der Waals surface area contributed by atoms with Crippen LogP contribution < -0.4 is 5.73 Å². The van der Waals surface area contributed by atoms with Crippen molar-refractivity contribution < 1.29 is 9.21 Å². The van der Waals surface area contributed by atoms with Crippen molar-refractivity contribution in [3.63, 3.8) is 0 Å². The van der Waals surface area contributed by atoms with Crippen molar-refractivity contribution in [2.75, 3.05) is 33.2 Å². The van der Waals surface area contributed by atoms with Gasteiger partial charge in [0.05, 0.1) is 11.6 Å². The second-order valence-electron chi connectivity index (χ2n) is 4.98. The third-order valence-corrected chi connectivity index (χ3v) is 3.49. The van der Waals surface area contributed by atoms with E-state index in [9.17, 15) is 4.79 Å². The van der Waals surface area contributed by atoms with Crippen molar-refractivity contribution in [2.45, 2.75) is 19.9 Å². The molecular formula is C13H21N3O2. The Morgan fingerprint density at radius 2 is 2.22 bits per heavy atom. The van der Waals surface area contributed by atoms with Crippen LogP contribution in [0.1, 0.15) is 21.9 Å². The predicted octanol–water partition coefficient (Wildman–Crippen LogP) is 0.611. The number of likely N-dealkylation sites (N-methyl/N-ethyl adjacent to an activating group) is 1. The molecule has 1 amide bonds. The van der Waals surface area contributed by atoms with Crippen LogP contribution in [0.25, 0.3) is 0 Å². The van der Waals surface area contributed by atoms with E-state index in [1.165, 1.54) is 0 Å². The molecule has 1 unspecified atom stereocenters. The van der Waals surface area contributed by atoms with E-state index in [1.54, 1.807) is 0 Å². The van der Waals surface area contributed by atoms with E-state index in [0.29, 0.717) is 17.9 Å². The van der Waals surface area contributed by atoms with Gasteiger partial charge in [-0.15, -0.1) is 0 Å². The van der Waals surface area contributed by atoms with Gasteiger partial charge in [0.15, 0.2) is 0 Å². The molecule has 0 saturated carbocycles. The maximum absolute atomic E-state index is 12.5. The standard InChI is InChI=1S/C13H21N3O2/c1-9-6-12(10(2)18-9)13(17)16-5-4-15(3)8-11(16)7-14/h6,11H,4-5,7-8,14H2,1-3H3. The largest absolute Gasteiger partial charge is 0.466 e. The highest BCUT2D eigenvalue weighted by molar-refractivity contribution is 5.95. The summed E-state index contributed by atoms with van der Waals surface area (Å²) in [4.78, 5) is 16.6. The molecule has 0 spiro atoms. The monoisotopic (exact) mass is 251 g/mol. The Labute approximate surface area is 108 Å². The molecule has 1 saturated heterocycles. The molecule has 1 atom stereocenters. The predicted molar refractivity (Wildman–Crippen MR) is 69.6 cm³/mol. The number of carbonyl (C=O) groups is 1. The molecule has 2 N–H and O–H groups in total. The highest BCUT2D eigenvalue weighted by Crippen LogP contribution is 2.19. The van der Waals surface area contributed by atoms with Gasteiger partial charge < -0.3 is 20.0 Å². The first-order valence-corrected chi connectivity index (χ1v) is 6.29. The normalized spacial score (nSPS) is 21.3. The fourth-order valence-electron chi connectivity index (χ4n) is 2.48. The van der Waals surface area contributed by atoms with Gasteiger partial charge >= 0.3 is 0 Å². The molecule has 1 aliphatic heterocycles. The number of hydrogen-bond acceptors (Lipinski definition) is 4. The van der Waals surface area contributed by atoms with Gasteiger partial charge in [-0.2, -0.15) is 0 Å². The summed E-state index contributed by atoms with van der Waals surface area (Å²) in [7, 11) is 2.05. The van der Waals surface area contributed by atoms with Crippen molar-refractivity contribution in [1.29, 1.82) is 0 Å². The molecular weight excluding hydrogens is 230 g/mol. The molecule has 1 fully saturated rings. The summed E-state index contributed by atoms with van der Waals surface area (Å²) in [6.45, 7) is 6.62. The molecule has 2 heterocycles. The van der Waals surface area contributed by atoms with Crippen LogP contribution in [0.4, 0.5) is 0 Å². The minimum Gasteiger partial charge on any atom is -0.466 e. The summed E-state index contributed by atoms with van der Waals surface area (Å²) < 4.78 is 5.43. The summed E-state index contributed by atoms with van der Waals surface area (Å²) in [5.41, 5.74) is 6.43. The third kappa shape index (κ3) is 2.42. The SMILES string of the molecule is Cc1cc(C(=O)N2CCN(C)CC2CN)c(C)o1. The van der Waals surface area contributed by atoms with Crippen molar-refractivity contribution >= 4 is 5.91 Å². The van der Waals surface area contributed by atoms with E-state index < -0.39 is 0 Å². The highest BCUT2D eigenvalue weighted by atomic mass is 16.3. The fraction of sp³-hybridized carbons (Fsp3) is 0.615. The molecule has 2 rings (SSSR count). The van der Waals surface area contributed by atoms with E-state index in [1.807, 2.05) is 24.8 Å². The summed E-state index contributed by atoms with van der Waals surface area (Å²) in [6, 6.07) is 1.90. The van der Waals surface area contributed by atoms with Gasteiger partial charge in [0.1, 0.15) is 11.5 Å². The van der Waals surface area contributed by atoms with Crippen molar-refractivity contribution in [1.82, 2.24) is 9.80 Å². The van der Waals surface area contributed by atoms with Gasteiger partial charge in [0.2, 0.25) is 0 Å². The number of piperazine rings is 1. The Hall–Kier alpha value is -1.33. The molecule has 0 aromatic carbocycles. The van der Waals surface area contributed by atoms with Crippen molar-refractivity contribution in [3.05, 3.63) is 23.2 Å². The Bertz CT molecular complexity index is 441. The van der Waals surface area contributed by atoms with Crippen LogP contribution in [0.3, 0.4) is 0 Å². The summed E-state index contributed by atoms with van der Waals surface area (Å²) in [5.74, 6) is 1.49. The Kier molecular flexibility index (Phi) is 3.73. The summed E-state index contributed by atoms with van der Waals surface area (Å²) in [6.07, 6.45) is 0. The molecule has 0 radical (unpaired) electrons. The van der Waals surface area contributed by atoms with Crippen molar-refractivity contribution in [3.8, 4) is 0 Å². The van der Waals surface area contributed by atoms with E-state index in [-0.39, 0.29) is 11.9 Å². The maximum atomic E-state index is 12.5. The van der Waals surface area contributed by atoms with Gasteiger partial charge in [0, 0.05) is 26.2 Å². The van der Waals surface area contributed by atoms with Gasteiger partial charge in [-0.05, 0) is 27.0 Å². The van der Waals surface area contributed by atoms with Crippen LogP contribution in [0.15, 0.2) is 10.5 Å². The first kappa shape index (κ1) is 13.1.